The maximum atomic E-state index is 11.9. The third kappa shape index (κ3) is 2.56. The van der Waals surface area contributed by atoms with Gasteiger partial charge in [-0.15, -0.1) is 0 Å². The molecule has 2 aromatic rings. The van der Waals surface area contributed by atoms with Crippen molar-refractivity contribution >= 4 is 29.1 Å². The molecular weight excluding hydrogens is 276 g/mol. The van der Waals surface area contributed by atoms with Crippen LogP contribution in [0.2, 0.25) is 0 Å². The van der Waals surface area contributed by atoms with E-state index in [0.29, 0.717) is 22.5 Å². The summed E-state index contributed by atoms with van der Waals surface area (Å²) in [5.74, 6) is -0.251. The standard InChI is InChI=1S/C14H11ClN4O/c1-17-14(20)11-4-2-3-5-13(11)19(15)12-6-7-18-9-10(12)8-16/h2-7,9H,1H3,(H,17,20). The van der Waals surface area contributed by atoms with Crippen molar-refractivity contribution in [1.82, 2.24) is 10.3 Å². The van der Waals surface area contributed by atoms with Crippen LogP contribution in [-0.2, 0) is 0 Å². The molecule has 0 atom stereocenters. The largest absolute Gasteiger partial charge is 0.355 e. The van der Waals surface area contributed by atoms with Gasteiger partial charge in [-0.2, -0.15) is 5.26 Å². The number of carbonyl (C=O) groups excluding carboxylic acids is 1. The van der Waals surface area contributed by atoms with Gasteiger partial charge >= 0.3 is 0 Å². The van der Waals surface area contributed by atoms with Crippen LogP contribution in [-0.4, -0.2) is 17.9 Å². The fourth-order valence-electron chi connectivity index (χ4n) is 1.75. The normalized spacial score (nSPS) is 9.65. The minimum absolute atomic E-state index is 0.251. The third-order valence-electron chi connectivity index (χ3n) is 2.72. The van der Waals surface area contributed by atoms with Gasteiger partial charge in [0.2, 0.25) is 0 Å². The second-order valence-corrected chi connectivity index (χ2v) is 4.22. The molecule has 0 saturated carbocycles. The van der Waals surface area contributed by atoms with E-state index in [0.717, 1.165) is 0 Å². The van der Waals surface area contributed by atoms with Crippen molar-refractivity contribution in [3.63, 3.8) is 0 Å². The molecule has 1 amide bonds. The second kappa shape index (κ2) is 6.04. The maximum absolute atomic E-state index is 11.9. The minimum atomic E-state index is -0.251. The number of benzene rings is 1. The van der Waals surface area contributed by atoms with Gasteiger partial charge in [-0.1, -0.05) is 12.1 Å². The molecule has 1 aromatic carbocycles. The number of para-hydroxylation sites is 1. The van der Waals surface area contributed by atoms with E-state index in [1.807, 2.05) is 6.07 Å². The number of pyridine rings is 1. The van der Waals surface area contributed by atoms with E-state index in [1.54, 1.807) is 37.4 Å². The maximum Gasteiger partial charge on any atom is 0.253 e. The third-order valence-corrected chi connectivity index (χ3v) is 3.08. The van der Waals surface area contributed by atoms with Gasteiger partial charge in [0.15, 0.2) is 0 Å². The highest BCUT2D eigenvalue weighted by atomic mass is 35.5. The van der Waals surface area contributed by atoms with E-state index in [1.165, 1.54) is 16.8 Å². The van der Waals surface area contributed by atoms with Gasteiger partial charge in [0.25, 0.3) is 5.91 Å². The summed E-state index contributed by atoms with van der Waals surface area (Å²) in [6.45, 7) is 0. The molecule has 0 saturated heterocycles. The van der Waals surface area contributed by atoms with Crippen LogP contribution < -0.4 is 9.74 Å². The van der Waals surface area contributed by atoms with Crippen molar-refractivity contribution in [3.8, 4) is 6.07 Å². The number of hydrogen-bond acceptors (Lipinski definition) is 4. The van der Waals surface area contributed by atoms with E-state index >= 15 is 0 Å². The quantitative estimate of drug-likeness (QED) is 0.881. The number of amides is 1. The van der Waals surface area contributed by atoms with Gasteiger partial charge in [0.1, 0.15) is 6.07 Å². The fourth-order valence-corrected chi connectivity index (χ4v) is 2.04. The molecular formula is C14H11ClN4O. The van der Waals surface area contributed by atoms with Gasteiger partial charge in [0, 0.05) is 31.2 Å². The summed E-state index contributed by atoms with van der Waals surface area (Å²) >= 11 is 6.30. The summed E-state index contributed by atoms with van der Waals surface area (Å²) in [5, 5.41) is 11.6. The van der Waals surface area contributed by atoms with Crippen LogP contribution in [0.3, 0.4) is 0 Å². The molecule has 0 aliphatic rings. The first kappa shape index (κ1) is 13.8. The average Bonchev–Trinajstić information content (AvgIpc) is 2.53. The smallest absolute Gasteiger partial charge is 0.253 e. The molecule has 2 rings (SSSR count). The second-order valence-electron chi connectivity index (χ2n) is 3.88. The number of carbonyl (C=O) groups is 1. The Balaban J connectivity index is 2.52. The summed E-state index contributed by atoms with van der Waals surface area (Å²) < 4.78 is 1.28. The lowest BCUT2D eigenvalue weighted by molar-refractivity contribution is 0.0964. The predicted octanol–water partition coefficient (Wildman–Crippen LogP) is 2.60. The van der Waals surface area contributed by atoms with Crippen molar-refractivity contribution in [2.75, 3.05) is 11.5 Å². The fraction of sp³-hybridized carbons (Fsp3) is 0.0714. The highest BCUT2D eigenvalue weighted by molar-refractivity contribution is 6.30. The average molecular weight is 287 g/mol. The number of nitrogens with one attached hydrogen (secondary N) is 1. The number of rotatable bonds is 3. The Bertz CT molecular complexity index is 681. The Morgan fingerprint density at radius 3 is 2.80 bits per heavy atom. The molecule has 6 heteroatoms. The molecule has 0 aliphatic carbocycles. The first-order chi connectivity index (χ1) is 9.69. The number of halogens is 1. The lowest BCUT2D eigenvalue weighted by Gasteiger charge is -2.19. The first-order valence-electron chi connectivity index (χ1n) is 5.80. The number of hydrogen-bond donors (Lipinski definition) is 1. The number of aromatic nitrogens is 1. The van der Waals surface area contributed by atoms with Crippen molar-refractivity contribution in [1.29, 1.82) is 5.26 Å². The molecule has 5 nitrogen and oxygen atoms in total. The predicted molar refractivity (Wildman–Crippen MR) is 76.8 cm³/mol. The summed E-state index contributed by atoms with van der Waals surface area (Å²) in [6, 6.07) is 10.5. The molecule has 1 aromatic heterocycles. The van der Waals surface area contributed by atoms with Crippen LogP contribution in [0.1, 0.15) is 15.9 Å². The SMILES string of the molecule is CNC(=O)c1ccccc1N(Cl)c1ccncc1C#N. The van der Waals surface area contributed by atoms with Crippen LogP contribution in [0, 0.1) is 11.3 Å². The van der Waals surface area contributed by atoms with Crippen molar-refractivity contribution < 1.29 is 4.79 Å². The van der Waals surface area contributed by atoms with Gasteiger partial charge in [0.05, 0.1) is 22.5 Å². The summed E-state index contributed by atoms with van der Waals surface area (Å²) in [7, 11) is 1.55. The van der Waals surface area contributed by atoms with Gasteiger partial charge in [-0.3, -0.25) is 14.2 Å². The molecule has 0 unspecified atom stereocenters. The molecule has 0 radical (unpaired) electrons. The number of anilines is 2. The first-order valence-corrected chi connectivity index (χ1v) is 6.14. The topological polar surface area (TPSA) is 69.0 Å². The van der Waals surface area contributed by atoms with Gasteiger partial charge in [-0.05, 0) is 18.2 Å². The van der Waals surface area contributed by atoms with Crippen LogP contribution in [0.4, 0.5) is 11.4 Å². The Morgan fingerprint density at radius 1 is 1.35 bits per heavy atom. The number of nitrogens with zero attached hydrogens (tertiary/aromatic N) is 3. The highest BCUT2D eigenvalue weighted by Gasteiger charge is 2.17. The van der Waals surface area contributed by atoms with Crippen LogP contribution >= 0.6 is 11.8 Å². The lowest BCUT2D eigenvalue weighted by Crippen LogP contribution is -2.20. The summed E-state index contributed by atoms with van der Waals surface area (Å²) in [5.41, 5.74) is 1.72. The van der Waals surface area contributed by atoms with Gasteiger partial charge in [-0.25, -0.2) is 0 Å². The van der Waals surface area contributed by atoms with E-state index in [-0.39, 0.29) is 5.91 Å². The van der Waals surface area contributed by atoms with E-state index < -0.39 is 0 Å². The highest BCUT2D eigenvalue weighted by Crippen LogP contribution is 2.32. The van der Waals surface area contributed by atoms with Crippen molar-refractivity contribution in [2.24, 2.45) is 0 Å². The van der Waals surface area contributed by atoms with Crippen LogP contribution in [0.5, 0.6) is 0 Å². The van der Waals surface area contributed by atoms with E-state index in [2.05, 4.69) is 10.3 Å². The van der Waals surface area contributed by atoms with Crippen LogP contribution in [0.15, 0.2) is 42.7 Å². The molecule has 0 aliphatic heterocycles. The molecule has 100 valence electrons. The lowest BCUT2D eigenvalue weighted by atomic mass is 10.1. The monoisotopic (exact) mass is 286 g/mol. The minimum Gasteiger partial charge on any atom is -0.355 e. The zero-order valence-electron chi connectivity index (χ0n) is 10.7. The van der Waals surface area contributed by atoms with E-state index in [9.17, 15) is 4.79 Å². The Morgan fingerprint density at radius 2 is 2.10 bits per heavy atom. The molecule has 20 heavy (non-hydrogen) atoms. The molecule has 0 fully saturated rings. The molecule has 0 spiro atoms. The molecule has 1 N–H and O–H groups in total. The molecule has 1 heterocycles. The molecule has 0 bridgehead atoms. The zero-order chi connectivity index (χ0) is 14.5. The van der Waals surface area contributed by atoms with Gasteiger partial charge < -0.3 is 5.32 Å². The van der Waals surface area contributed by atoms with E-state index in [4.69, 9.17) is 17.0 Å². The number of nitriles is 1. The zero-order valence-corrected chi connectivity index (χ0v) is 11.4. The van der Waals surface area contributed by atoms with Crippen LogP contribution in [0.25, 0.3) is 0 Å². The Kier molecular flexibility index (Phi) is 4.18. The Hall–Kier alpha value is -2.58. The Labute approximate surface area is 121 Å². The van der Waals surface area contributed by atoms with Crippen molar-refractivity contribution in [3.05, 3.63) is 53.9 Å². The summed E-state index contributed by atoms with van der Waals surface area (Å²) in [4.78, 5) is 15.7. The summed E-state index contributed by atoms with van der Waals surface area (Å²) in [6.07, 6.45) is 2.96. The van der Waals surface area contributed by atoms with Crippen molar-refractivity contribution in [2.45, 2.75) is 0 Å².